The Balaban J connectivity index is 1.91. The van der Waals surface area contributed by atoms with Crippen LogP contribution in [0.4, 0.5) is 11.4 Å². The zero-order chi connectivity index (χ0) is 23.6. The first kappa shape index (κ1) is 24.9. The van der Waals surface area contributed by atoms with Crippen molar-refractivity contribution in [2.45, 2.75) is 46.3 Å². The van der Waals surface area contributed by atoms with Crippen molar-refractivity contribution in [1.82, 2.24) is 10.3 Å². The number of aromatic nitrogens is 1. The van der Waals surface area contributed by atoms with Crippen LogP contribution in [-0.2, 0) is 20.8 Å². The molecule has 1 heterocycles. The molecule has 1 aromatic carbocycles. The molecule has 0 atom stereocenters. The van der Waals surface area contributed by atoms with Crippen molar-refractivity contribution >= 4 is 23.3 Å². The number of para-hydroxylation sites is 2. The lowest BCUT2D eigenvalue weighted by Gasteiger charge is -2.24. The van der Waals surface area contributed by atoms with Crippen LogP contribution in [0.15, 0.2) is 55.1 Å². The first-order chi connectivity index (χ1) is 15.2. The van der Waals surface area contributed by atoms with Crippen LogP contribution in [0, 0.1) is 0 Å². The van der Waals surface area contributed by atoms with Gasteiger partial charge in [-0.25, -0.2) is 0 Å². The fourth-order valence-electron chi connectivity index (χ4n) is 2.75. The van der Waals surface area contributed by atoms with Crippen LogP contribution < -0.4 is 16.0 Å². The molecule has 1 amide bonds. The summed E-state index contributed by atoms with van der Waals surface area (Å²) in [5.74, 6) is -0.172. The van der Waals surface area contributed by atoms with Crippen molar-refractivity contribution in [2.75, 3.05) is 23.8 Å². The number of hydrogen-bond acceptors (Lipinski definition) is 7. The van der Waals surface area contributed by atoms with E-state index in [0.717, 1.165) is 5.56 Å². The van der Waals surface area contributed by atoms with E-state index in [1.165, 1.54) is 0 Å². The minimum absolute atomic E-state index is 0.228. The number of nitrogens with one attached hydrogen (secondary N) is 3. The van der Waals surface area contributed by atoms with Crippen molar-refractivity contribution in [3.8, 4) is 0 Å². The minimum Gasteiger partial charge on any atom is -0.474 e. The molecule has 0 bridgehead atoms. The quantitative estimate of drug-likeness (QED) is 0.275. The molecular formula is C24H32N4O4. The van der Waals surface area contributed by atoms with Gasteiger partial charge in [-0.15, -0.1) is 0 Å². The van der Waals surface area contributed by atoms with Crippen molar-refractivity contribution in [1.29, 1.82) is 0 Å². The van der Waals surface area contributed by atoms with Gasteiger partial charge in [-0.2, -0.15) is 0 Å². The molecule has 0 saturated carbocycles. The summed E-state index contributed by atoms with van der Waals surface area (Å²) in [6, 6.07) is 10.8. The third kappa shape index (κ3) is 8.77. The fraction of sp³-hybridized carbons (Fsp3) is 0.375. The average molecular weight is 441 g/mol. The zero-order valence-electron chi connectivity index (χ0n) is 19.2. The highest BCUT2D eigenvalue weighted by atomic mass is 16.5. The Morgan fingerprint density at radius 3 is 2.34 bits per heavy atom. The molecule has 0 radical (unpaired) electrons. The molecule has 0 aliphatic carbocycles. The number of rotatable bonds is 11. The van der Waals surface area contributed by atoms with Crippen molar-refractivity contribution in [3.63, 3.8) is 0 Å². The molecule has 0 saturated heterocycles. The van der Waals surface area contributed by atoms with Gasteiger partial charge < -0.3 is 25.4 Å². The topological polar surface area (TPSA) is 102 Å². The van der Waals surface area contributed by atoms with Crippen molar-refractivity contribution in [3.05, 3.63) is 66.3 Å². The van der Waals surface area contributed by atoms with E-state index < -0.39 is 0 Å². The lowest BCUT2D eigenvalue weighted by atomic mass is 10.2. The Morgan fingerprint density at radius 2 is 1.75 bits per heavy atom. The summed E-state index contributed by atoms with van der Waals surface area (Å²) in [6.07, 6.45) is 1.94. The predicted octanol–water partition coefficient (Wildman–Crippen LogP) is 4.07. The zero-order valence-corrected chi connectivity index (χ0v) is 19.2. The molecule has 0 aliphatic heterocycles. The summed E-state index contributed by atoms with van der Waals surface area (Å²) in [4.78, 5) is 28.3. The molecule has 0 unspecified atom stereocenters. The van der Waals surface area contributed by atoms with E-state index in [1.54, 1.807) is 25.3 Å². The van der Waals surface area contributed by atoms with Gasteiger partial charge in [0.15, 0.2) is 5.88 Å². The van der Waals surface area contributed by atoms with E-state index >= 15 is 0 Å². The molecule has 8 heteroatoms. The second-order valence-electron chi connectivity index (χ2n) is 8.05. The van der Waals surface area contributed by atoms with Gasteiger partial charge in [0.1, 0.15) is 11.3 Å². The molecule has 0 spiro atoms. The maximum atomic E-state index is 12.7. The molecule has 3 N–H and O–H groups in total. The lowest BCUT2D eigenvalue weighted by Crippen LogP contribution is -2.22. The Hall–Kier alpha value is -3.39. The van der Waals surface area contributed by atoms with Crippen molar-refractivity contribution in [2.24, 2.45) is 0 Å². The number of nitrogens with zero attached hydrogens (tertiary/aromatic N) is 1. The van der Waals surface area contributed by atoms with Gasteiger partial charge in [-0.1, -0.05) is 18.2 Å². The second kappa shape index (κ2) is 11.9. The van der Waals surface area contributed by atoms with E-state index in [4.69, 9.17) is 9.47 Å². The van der Waals surface area contributed by atoms with E-state index in [-0.39, 0.29) is 17.5 Å². The molecule has 2 aromatic rings. The van der Waals surface area contributed by atoms with E-state index in [9.17, 15) is 9.59 Å². The highest BCUT2D eigenvalue weighted by Crippen LogP contribution is 2.24. The Bertz CT molecular complexity index is 920. The second-order valence-corrected chi connectivity index (χ2v) is 8.05. The molecule has 8 nitrogen and oxygen atoms in total. The summed E-state index contributed by atoms with van der Waals surface area (Å²) >= 11 is 0. The van der Waals surface area contributed by atoms with Crippen LogP contribution >= 0.6 is 0 Å². The number of carbonyl (C=O) groups excluding carboxylic acids is 2. The lowest BCUT2D eigenvalue weighted by molar-refractivity contribution is -0.142. The van der Waals surface area contributed by atoms with Gasteiger partial charge in [-0.3, -0.25) is 14.6 Å². The van der Waals surface area contributed by atoms with E-state index in [1.807, 2.05) is 45.0 Å². The standard InChI is InChI=1S/C24H32N4O4/c1-6-31-22(29)13-14-25-15-18-11-12-21(26-16-18)23(30)28-20-10-8-7-9-19(20)27-17(2)32-24(3,4)5/h7-12,16,25,27H,2,6,13-15H2,1,3-5H3,(H,28,30). The third-order valence-electron chi connectivity index (χ3n) is 4.08. The summed E-state index contributed by atoms with van der Waals surface area (Å²) in [7, 11) is 0. The Morgan fingerprint density at radius 1 is 1.06 bits per heavy atom. The normalized spacial score (nSPS) is 10.9. The first-order valence-corrected chi connectivity index (χ1v) is 10.5. The van der Waals surface area contributed by atoms with Gasteiger partial charge in [0, 0.05) is 19.3 Å². The first-order valence-electron chi connectivity index (χ1n) is 10.5. The summed E-state index contributed by atoms with van der Waals surface area (Å²) < 4.78 is 10.6. The van der Waals surface area contributed by atoms with E-state index in [0.29, 0.717) is 49.1 Å². The van der Waals surface area contributed by atoms with Gasteiger partial charge in [0.25, 0.3) is 5.91 Å². The van der Waals surface area contributed by atoms with Crippen LogP contribution in [0.1, 0.15) is 50.2 Å². The van der Waals surface area contributed by atoms with Gasteiger partial charge in [0.05, 0.1) is 24.4 Å². The predicted molar refractivity (Wildman–Crippen MR) is 125 cm³/mol. The summed E-state index contributed by atoms with van der Waals surface area (Å²) in [6.45, 7) is 12.9. The smallest absolute Gasteiger partial charge is 0.307 e. The van der Waals surface area contributed by atoms with Gasteiger partial charge in [0.2, 0.25) is 0 Å². The van der Waals surface area contributed by atoms with E-state index in [2.05, 4.69) is 27.5 Å². The van der Waals surface area contributed by atoms with Crippen molar-refractivity contribution < 1.29 is 19.1 Å². The highest BCUT2D eigenvalue weighted by molar-refractivity contribution is 6.04. The van der Waals surface area contributed by atoms with Crippen LogP contribution in [-0.4, -0.2) is 35.6 Å². The van der Waals surface area contributed by atoms with Crippen LogP contribution in [0.5, 0.6) is 0 Å². The molecule has 0 fully saturated rings. The molecule has 2 rings (SSSR count). The van der Waals surface area contributed by atoms with Gasteiger partial charge >= 0.3 is 5.97 Å². The molecule has 172 valence electrons. The Kier molecular flexibility index (Phi) is 9.22. The monoisotopic (exact) mass is 440 g/mol. The number of carbonyl (C=O) groups is 2. The SMILES string of the molecule is C=C(Nc1ccccc1NC(=O)c1ccc(CNCCC(=O)OCC)cn1)OC(C)(C)C. The minimum atomic E-state index is -0.387. The number of pyridine rings is 1. The number of anilines is 2. The number of ether oxygens (including phenoxy) is 2. The maximum absolute atomic E-state index is 12.7. The molecular weight excluding hydrogens is 408 g/mol. The largest absolute Gasteiger partial charge is 0.474 e. The summed E-state index contributed by atoms with van der Waals surface area (Å²) in [5.41, 5.74) is 2.06. The third-order valence-corrected chi connectivity index (χ3v) is 4.08. The molecule has 32 heavy (non-hydrogen) atoms. The molecule has 1 aromatic heterocycles. The average Bonchev–Trinajstić information content (AvgIpc) is 2.72. The van der Waals surface area contributed by atoms with Crippen LogP contribution in [0.3, 0.4) is 0 Å². The molecule has 0 aliphatic rings. The fourth-order valence-corrected chi connectivity index (χ4v) is 2.75. The summed E-state index contributed by atoms with van der Waals surface area (Å²) in [5, 5.41) is 9.10. The number of hydrogen-bond donors (Lipinski definition) is 3. The number of amides is 1. The maximum Gasteiger partial charge on any atom is 0.307 e. The number of benzene rings is 1. The van der Waals surface area contributed by atoms with Gasteiger partial charge in [-0.05, 0) is 58.0 Å². The Labute approximate surface area is 189 Å². The van der Waals surface area contributed by atoms with Crippen LogP contribution in [0.2, 0.25) is 0 Å². The van der Waals surface area contributed by atoms with Crippen LogP contribution in [0.25, 0.3) is 0 Å². The highest BCUT2D eigenvalue weighted by Gasteiger charge is 2.15. The number of esters is 1.